The van der Waals surface area contributed by atoms with Crippen LogP contribution in [0.5, 0.6) is 11.5 Å². The molecule has 3 rings (SSSR count). The highest BCUT2D eigenvalue weighted by Gasteiger charge is 2.15. The standard InChI is InChI=1S/C24H17BrClFN2O3/c1-31-22-12-15(10-17(13-28)24(30)29-21-9-5-4-8-20(21)27)11-19(26)23(22)32-14-16-6-2-3-7-18(16)25/h2-12H,14H2,1H3,(H,29,30)/b17-10+. The number of carbonyl (C=O) groups excluding carboxylic acids is 1. The first-order valence-corrected chi connectivity index (χ1v) is 10.5. The van der Waals surface area contributed by atoms with Gasteiger partial charge in [0.25, 0.3) is 5.91 Å². The van der Waals surface area contributed by atoms with E-state index in [2.05, 4.69) is 21.2 Å². The molecule has 162 valence electrons. The van der Waals surface area contributed by atoms with Gasteiger partial charge in [0.05, 0.1) is 17.8 Å². The Bertz CT molecular complexity index is 1220. The van der Waals surface area contributed by atoms with Crippen molar-refractivity contribution >= 4 is 45.2 Å². The van der Waals surface area contributed by atoms with Crippen LogP contribution in [0.3, 0.4) is 0 Å². The van der Waals surface area contributed by atoms with E-state index in [4.69, 9.17) is 21.1 Å². The first-order chi connectivity index (χ1) is 15.4. The second-order valence-electron chi connectivity index (χ2n) is 6.52. The van der Waals surface area contributed by atoms with Crippen molar-refractivity contribution in [2.45, 2.75) is 6.61 Å². The van der Waals surface area contributed by atoms with E-state index in [1.165, 1.54) is 31.4 Å². The van der Waals surface area contributed by atoms with Crippen LogP contribution in [0.25, 0.3) is 6.08 Å². The van der Waals surface area contributed by atoms with Gasteiger partial charge in [0.1, 0.15) is 24.1 Å². The molecule has 0 unspecified atom stereocenters. The molecular formula is C24H17BrClFN2O3. The van der Waals surface area contributed by atoms with E-state index >= 15 is 0 Å². The second kappa shape index (κ2) is 10.8. The summed E-state index contributed by atoms with van der Waals surface area (Å²) in [6.45, 7) is 0.251. The number of carbonyl (C=O) groups is 1. The molecule has 0 atom stereocenters. The molecule has 0 aliphatic rings. The summed E-state index contributed by atoms with van der Waals surface area (Å²) in [5.41, 5.74) is 1.12. The summed E-state index contributed by atoms with van der Waals surface area (Å²) >= 11 is 9.87. The van der Waals surface area contributed by atoms with Crippen LogP contribution in [-0.4, -0.2) is 13.0 Å². The molecule has 0 bridgehead atoms. The normalized spacial score (nSPS) is 10.9. The van der Waals surface area contributed by atoms with Gasteiger partial charge >= 0.3 is 0 Å². The molecule has 32 heavy (non-hydrogen) atoms. The van der Waals surface area contributed by atoms with Crippen molar-refractivity contribution in [2.75, 3.05) is 12.4 Å². The molecule has 1 N–H and O–H groups in total. The molecule has 0 aromatic heterocycles. The minimum atomic E-state index is -0.748. The Balaban J connectivity index is 1.84. The second-order valence-corrected chi connectivity index (χ2v) is 7.78. The maximum Gasteiger partial charge on any atom is 0.266 e. The molecule has 1 amide bonds. The highest BCUT2D eigenvalue weighted by Crippen LogP contribution is 2.38. The highest BCUT2D eigenvalue weighted by atomic mass is 79.9. The quantitative estimate of drug-likeness (QED) is 0.293. The van der Waals surface area contributed by atoms with Crippen molar-refractivity contribution in [1.82, 2.24) is 0 Å². The SMILES string of the molecule is COc1cc(/C=C(\C#N)C(=O)Nc2ccccc2F)cc(Cl)c1OCc1ccccc1Br. The smallest absolute Gasteiger partial charge is 0.266 e. The number of nitrogens with one attached hydrogen (secondary N) is 1. The summed E-state index contributed by atoms with van der Waals surface area (Å²) in [7, 11) is 1.46. The third kappa shape index (κ3) is 5.67. The number of anilines is 1. The third-order valence-electron chi connectivity index (χ3n) is 4.38. The van der Waals surface area contributed by atoms with Gasteiger partial charge in [-0.3, -0.25) is 4.79 Å². The topological polar surface area (TPSA) is 71.3 Å². The summed E-state index contributed by atoms with van der Waals surface area (Å²) in [6.07, 6.45) is 1.34. The van der Waals surface area contributed by atoms with Crippen LogP contribution in [0.2, 0.25) is 5.02 Å². The Hall–Kier alpha value is -3.34. The van der Waals surface area contributed by atoms with Crippen LogP contribution >= 0.6 is 27.5 Å². The minimum absolute atomic E-state index is 0.0231. The van der Waals surface area contributed by atoms with Crippen LogP contribution in [0, 0.1) is 17.1 Å². The van der Waals surface area contributed by atoms with Gasteiger partial charge in [-0.25, -0.2) is 4.39 Å². The van der Waals surface area contributed by atoms with E-state index in [9.17, 15) is 14.4 Å². The van der Waals surface area contributed by atoms with Gasteiger partial charge in [0.2, 0.25) is 0 Å². The molecule has 3 aromatic carbocycles. The van der Waals surface area contributed by atoms with Crippen molar-refractivity contribution in [3.63, 3.8) is 0 Å². The lowest BCUT2D eigenvalue weighted by molar-refractivity contribution is -0.112. The van der Waals surface area contributed by atoms with Crippen molar-refractivity contribution in [1.29, 1.82) is 5.26 Å². The number of methoxy groups -OCH3 is 1. The zero-order chi connectivity index (χ0) is 23.1. The van der Waals surface area contributed by atoms with Crippen LogP contribution in [-0.2, 0) is 11.4 Å². The van der Waals surface area contributed by atoms with Gasteiger partial charge in [-0.1, -0.05) is 57.9 Å². The molecule has 0 saturated carbocycles. The largest absolute Gasteiger partial charge is 0.493 e. The van der Waals surface area contributed by atoms with Crippen LogP contribution < -0.4 is 14.8 Å². The third-order valence-corrected chi connectivity index (χ3v) is 5.43. The molecule has 0 aliphatic heterocycles. The number of para-hydroxylation sites is 1. The van der Waals surface area contributed by atoms with Gasteiger partial charge < -0.3 is 14.8 Å². The number of benzene rings is 3. The van der Waals surface area contributed by atoms with Crippen molar-refractivity contribution in [3.8, 4) is 17.6 Å². The first-order valence-electron chi connectivity index (χ1n) is 9.34. The maximum atomic E-state index is 13.8. The Morgan fingerprint density at radius 3 is 2.62 bits per heavy atom. The van der Waals surface area contributed by atoms with Gasteiger partial charge in [-0.05, 0) is 42.0 Å². The van der Waals surface area contributed by atoms with E-state index in [0.29, 0.717) is 17.1 Å². The Kier molecular flexibility index (Phi) is 7.87. The zero-order valence-corrected chi connectivity index (χ0v) is 19.2. The summed E-state index contributed by atoms with van der Waals surface area (Å²) in [6, 6.07) is 18.3. The molecule has 0 heterocycles. The predicted octanol–water partition coefficient (Wildman–Crippen LogP) is 6.37. The molecule has 0 spiro atoms. The van der Waals surface area contributed by atoms with Crippen LogP contribution in [0.4, 0.5) is 10.1 Å². The van der Waals surface area contributed by atoms with E-state index in [1.54, 1.807) is 18.2 Å². The zero-order valence-electron chi connectivity index (χ0n) is 16.9. The van der Waals surface area contributed by atoms with Gasteiger partial charge in [0, 0.05) is 10.0 Å². The van der Waals surface area contributed by atoms with Gasteiger partial charge in [0.15, 0.2) is 11.5 Å². The minimum Gasteiger partial charge on any atom is -0.493 e. The Labute approximate surface area is 198 Å². The van der Waals surface area contributed by atoms with E-state index < -0.39 is 11.7 Å². The number of halogens is 3. The van der Waals surface area contributed by atoms with Crippen molar-refractivity contribution < 1.29 is 18.7 Å². The molecule has 0 fully saturated rings. The van der Waals surface area contributed by atoms with E-state index in [0.717, 1.165) is 10.0 Å². The number of nitrogens with zero attached hydrogens (tertiary/aromatic N) is 1. The molecule has 0 radical (unpaired) electrons. The molecule has 0 saturated heterocycles. The highest BCUT2D eigenvalue weighted by molar-refractivity contribution is 9.10. The van der Waals surface area contributed by atoms with E-state index in [1.807, 2.05) is 30.3 Å². The fraction of sp³-hybridized carbons (Fsp3) is 0.0833. The molecule has 0 aliphatic carbocycles. The average Bonchev–Trinajstić information content (AvgIpc) is 2.78. The average molecular weight is 516 g/mol. The summed E-state index contributed by atoms with van der Waals surface area (Å²) in [4.78, 5) is 12.4. The van der Waals surface area contributed by atoms with Crippen LogP contribution in [0.15, 0.2) is 70.7 Å². The lowest BCUT2D eigenvalue weighted by atomic mass is 10.1. The Morgan fingerprint density at radius 1 is 1.22 bits per heavy atom. The predicted molar refractivity (Wildman–Crippen MR) is 125 cm³/mol. The molecule has 8 heteroatoms. The van der Waals surface area contributed by atoms with E-state index in [-0.39, 0.29) is 22.9 Å². The van der Waals surface area contributed by atoms with Crippen LogP contribution in [0.1, 0.15) is 11.1 Å². The van der Waals surface area contributed by atoms with Gasteiger partial charge in [-0.15, -0.1) is 0 Å². The number of hydrogen-bond donors (Lipinski definition) is 1. The summed E-state index contributed by atoms with van der Waals surface area (Å²) in [5, 5.41) is 12.1. The van der Waals surface area contributed by atoms with Gasteiger partial charge in [-0.2, -0.15) is 5.26 Å². The number of rotatable bonds is 7. The fourth-order valence-corrected chi connectivity index (χ4v) is 3.47. The number of amides is 1. The lowest BCUT2D eigenvalue weighted by Gasteiger charge is -2.14. The monoisotopic (exact) mass is 514 g/mol. The van der Waals surface area contributed by atoms with Crippen molar-refractivity contribution in [3.05, 3.63) is 92.7 Å². The molecule has 5 nitrogen and oxygen atoms in total. The molecule has 3 aromatic rings. The summed E-state index contributed by atoms with van der Waals surface area (Å²) in [5.74, 6) is -0.685. The number of ether oxygens (including phenoxy) is 2. The fourth-order valence-electron chi connectivity index (χ4n) is 2.80. The number of hydrogen-bond acceptors (Lipinski definition) is 4. The molecular weight excluding hydrogens is 499 g/mol. The maximum absolute atomic E-state index is 13.8. The lowest BCUT2D eigenvalue weighted by Crippen LogP contribution is -2.14. The first kappa shape index (κ1) is 23.3. The van der Waals surface area contributed by atoms with Crippen molar-refractivity contribution in [2.24, 2.45) is 0 Å². The number of nitriles is 1. The Morgan fingerprint density at radius 2 is 1.94 bits per heavy atom. The summed E-state index contributed by atoms with van der Waals surface area (Å²) < 4.78 is 25.9.